The summed E-state index contributed by atoms with van der Waals surface area (Å²) in [5.74, 6) is 0.247. The third-order valence-corrected chi connectivity index (χ3v) is 4.75. The van der Waals surface area contributed by atoms with Crippen LogP contribution in [-0.2, 0) is 14.0 Å². The van der Waals surface area contributed by atoms with Crippen molar-refractivity contribution >= 4 is 16.5 Å². The molecule has 0 aliphatic carbocycles. The van der Waals surface area contributed by atoms with Gasteiger partial charge in [-0.1, -0.05) is 26.3 Å². The summed E-state index contributed by atoms with van der Waals surface area (Å²) in [5.41, 5.74) is 0.408. The van der Waals surface area contributed by atoms with Crippen LogP contribution in [0, 0.1) is 5.92 Å². The van der Waals surface area contributed by atoms with Gasteiger partial charge in [0.25, 0.3) is 0 Å². The highest BCUT2D eigenvalue weighted by Crippen LogP contribution is 2.29. The van der Waals surface area contributed by atoms with Crippen molar-refractivity contribution in [3.63, 3.8) is 0 Å². The van der Waals surface area contributed by atoms with Crippen LogP contribution < -0.4 is 0 Å². The van der Waals surface area contributed by atoms with Gasteiger partial charge in [0.05, 0.1) is 12.2 Å². The first-order chi connectivity index (χ1) is 8.85. The summed E-state index contributed by atoms with van der Waals surface area (Å²) in [6.07, 6.45) is 5.55. The first-order valence-electron chi connectivity index (χ1n) is 7.23. The van der Waals surface area contributed by atoms with Crippen molar-refractivity contribution in [3.05, 3.63) is 12.2 Å². The minimum Gasteiger partial charge on any atom is -0.462 e. The molecule has 19 heavy (non-hydrogen) atoms. The van der Waals surface area contributed by atoms with Crippen molar-refractivity contribution < 1.29 is 14.0 Å². The van der Waals surface area contributed by atoms with E-state index in [0.717, 1.165) is 23.3 Å². The van der Waals surface area contributed by atoms with Crippen molar-refractivity contribution in [2.24, 2.45) is 5.92 Å². The topological polar surface area (TPSA) is 35.5 Å². The molecule has 0 fully saturated rings. The molecule has 4 heteroatoms. The van der Waals surface area contributed by atoms with Gasteiger partial charge >= 0.3 is 5.97 Å². The van der Waals surface area contributed by atoms with Crippen LogP contribution in [0.1, 0.15) is 59.8 Å². The maximum Gasteiger partial charge on any atom is 0.333 e. The minimum absolute atomic E-state index is 0.0558. The van der Waals surface area contributed by atoms with Gasteiger partial charge in [-0.15, -0.1) is 0 Å². The van der Waals surface area contributed by atoms with Gasteiger partial charge < -0.3 is 9.16 Å². The Hall–Kier alpha value is -0.613. The highest BCUT2D eigenvalue weighted by Gasteiger charge is 2.27. The van der Waals surface area contributed by atoms with Crippen LogP contribution in [0.5, 0.6) is 0 Å². The van der Waals surface area contributed by atoms with Crippen LogP contribution in [0.25, 0.3) is 0 Å². The lowest BCUT2D eigenvalue weighted by Gasteiger charge is -2.34. The molecule has 0 aliphatic heterocycles. The number of hydrogen-bond acceptors (Lipinski definition) is 3. The molecule has 0 N–H and O–H groups in total. The van der Waals surface area contributed by atoms with Crippen LogP contribution in [0.3, 0.4) is 0 Å². The predicted octanol–water partition coefficient (Wildman–Crippen LogP) is 2.77. The van der Waals surface area contributed by atoms with E-state index in [1.54, 1.807) is 6.92 Å². The Kier molecular flexibility index (Phi) is 9.02. The van der Waals surface area contributed by atoms with E-state index >= 15 is 0 Å². The van der Waals surface area contributed by atoms with Gasteiger partial charge in [0.2, 0.25) is 0 Å². The van der Waals surface area contributed by atoms with E-state index in [4.69, 9.17) is 9.16 Å². The Morgan fingerprint density at radius 1 is 1.32 bits per heavy atom. The molecular formula is C15H30O3Si. The maximum atomic E-state index is 11.3. The molecule has 0 saturated heterocycles. The molecule has 0 aliphatic rings. The Morgan fingerprint density at radius 3 is 2.37 bits per heavy atom. The molecule has 0 heterocycles. The van der Waals surface area contributed by atoms with Crippen molar-refractivity contribution in [2.45, 2.75) is 65.4 Å². The summed E-state index contributed by atoms with van der Waals surface area (Å²) in [5, 5.41) is 0. The summed E-state index contributed by atoms with van der Waals surface area (Å²) in [6.45, 7) is 12.3. The number of esters is 1. The fraction of sp³-hybridized carbons (Fsp3) is 0.800. The number of hydrogen-bond donors (Lipinski definition) is 0. The maximum absolute atomic E-state index is 11.3. The number of carbonyl (C=O) groups excluding carboxylic acids is 1. The molecule has 0 aromatic rings. The summed E-state index contributed by atoms with van der Waals surface area (Å²) in [4.78, 5) is 11.3. The van der Waals surface area contributed by atoms with Crippen molar-refractivity contribution in [2.75, 3.05) is 6.61 Å². The third-order valence-electron chi connectivity index (χ3n) is 3.69. The smallest absolute Gasteiger partial charge is 0.333 e. The van der Waals surface area contributed by atoms with Crippen LogP contribution in [0.4, 0.5) is 0 Å². The normalized spacial score (nSPS) is 13.3. The van der Waals surface area contributed by atoms with Gasteiger partial charge in [-0.2, -0.15) is 0 Å². The van der Waals surface area contributed by atoms with Crippen molar-refractivity contribution in [3.8, 4) is 0 Å². The van der Waals surface area contributed by atoms with E-state index in [1.165, 1.54) is 19.3 Å². The molecule has 0 rings (SSSR count). The second-order valence-electron chi connectivity index (χ2n) is 5.71. The fourth-order valence-corrected chi connectivity index (χ4v) is 2.41. The molecule has 0 radical (unpaired) electrons. The van der Waals surface area contributed by atoms with E-state index in [-0.39, 0.29) is 11.6 Å². The first kappa shape index (κ1) is 18.4. The molecule has 0 amide bonds. The molecule has 0 aromatic heterocycles. The van der Waals surface area contributed by atoms with Gasteiger partial charge in [0.1, 0.15) is 10.5 Å². The second-order valence-corrected chi connectivity index (χ2v) is 6.11. The lowest BCUT2D eigenvalue weighted by Crippen LogP contribution is -2.34. The molecule has 0 aromatic carbocycles. The Bertz CT molecular complexity index is 287. The van der Waals surface area contributed by atoms with Crippen LogP contribution in [0.2, 0.25) is 0 Å². The number of ether oxygens (including phenoxy) is 1. The van der Waals surface area contributed by atoms with Crippen LogP contribution >= 0.6 is 0 Å². The lowest BCUT2D eigenvalue weighted by molar-refractivity contribution is -0.139. The van der Waals surface area contributed by atoms with Gasteiger partial charge in [-0.05, 0) is 46.0 Å². The van der Waals surface area contributed by atoms with Gasteiger partial charge in [0.15, 0.2) is 0 Å². The van der Waals surface area contributed by atoms with E-state index < -0.39 is 0 Å². The van der Waals surface area contributed by atoms with E-state index in [2.05, 4.69) is 27.4 Å². The largest absolute Gasteiger partial charge is 0.462 e. The fourth-order valence-electron chi connectivity index (χ4n) is 2.07. The lowest BCUT2D eigenvalue weighted by atomic mass is 9.83. The second kappa shape index (κ2) is 9.32. The molecule has 112 valence electrons. The molecule has 0 saturated carbocycles. The minimum atomic E-state index is -0.288. The molecule has 1 atom stereocenters. The van der Waals surface area contributed by atoms with Crippen molar-refractivity contribution in [1.82, 2.24) is 0 Å². The first-order valence-corrected chi connectivity index (χ1v) is 8.04. The van der Waals surface area contributed by atoms with Gasteiger partial charge in [-0.25, -0.2) is 4.79 Å². The number of unbranched alkanes of at least 4 members (excludes halogenated alkanes) is 1. The van der Waals surface area contributed by atoms with Crippen LogP contribution in [0.15, 0.2) is 12.2 Å². The molecule has 0 spiro atoms. The quantitative estimate of drug-likeness (QED) is 0.268. The highest BCUT2D eigenvalue weighted by atomic mass is 28.2. The predicted molar refractivity (Wildman–Crippen MR) is 83.1 cm³/mol. The summed E-state index contributed by atoms with van der Waals surface area (Å²) in [7, 11) is 0.761. The number of rotatable bonds is 10. The Balaban J connectivity index is 4.13. The van der Waals surface area contributed by atoms with E-state index in [9.17, 15) is 4.79 Å². The Labute approximate surface area is 121 Å². The molecule has 0 bridgehead atoms. The van der Waals surface area contributed by atoms with Gasteiger partial charge in [0, 0.05) is 5.57 Å². The average molecular weight is 286 g/mol. The third kappa shape index (κ3) is 7.53. The Morgan fingerprint density at radius 2 is 1.89 bits per heavy atom. The number of carbonyl (C=O) groups is 1. The highest BCUT2D eigenvalue weighted by molar-refractivity contribution is 5.98. The monoisotopic (exact) mass is 286 g/mol. The SMILES string of the molecule is C=C(C)C(=O)OCCCC(CCCC)C(C)(C)O[SiH3]. The zero-order chi connectivity index (χ0) is 14.9. The summed E-state index contributed by atoms with van der Waals surface area (Å²) < 4.78 is 10.9. The standard InChI is InChI=1S/C15H30O3Si/c1-6-7-9-13(15(4,5)18-19)10-8-11-17-14(16)12(2)3/h13H,2,6-11H2,1,3-5,19H3. The van der Waals surface area contributed by atoms with Gasteiger partial charge in [-0.3, -0.25) is 0 Å². The van der Waals surface area contributed by atoms with Crippen LogP contribution in [-0.4, -0.2) is 28.7 Å². The zero-order valence-electron chi connectivity index (χ0n) is 13.3. The summed E-state index contributed by atoms with van der Waals surface area (Å²) in [6, 6.07) is 0. The van der Waals surface area contributed by atoms with E-state index in [0.29, 0.717) is 18.1 Å². The zero-order valence-corrected chi connectivity index (χ0v) is 15.3. The van der Waals surface area contributed by atoms with E-state index in [1.807, 2.05) is 0 Å². The molecule has 3 nitrogen and oxygen atoms in total. The average Bonchev–Trinajstić information content (AvgIpc) is 2.37. The van der Waals surface area contributed by atoms with Crippen molar-refractivity contribution in [1.29, 1.82) is 0 Å². The molecular weight excluding hydrogens is 256 g/mol. The summed E-state index contributed by atoms with van der Waals surface area (Å²) >= 11 is 0. The molecule has 1 unspecified atom stereocenters.